The highest BCUT2D eigenvalue weighted by atomic mass is 19.3. The van der Waals surface area contributed by atoms with E-state index in [0.29, 0.717) is 38.9 Å². The molecule has 5 rings (SSSR count). The molecule has 9 heteroatoms. The van der Waals surface area contributed by atoms with E-state index < -0.39 is 17.4 Å². The third-order valence-electron chi connectivity index (χ3n) is 9.50. The Balaban J connectivity index is 1.29. The van der Waals surface area contributed by atoms with Gasteiger partial charge in [-0.2, -0.15) is 0 Å². The lowest BCUT2D eigenvalue weighted by Crippen LogP contribution is -2.52. The molecule has 4 amide bonds. The molecular weight excluding hydrogens is 502 g/mol. The Bertz CT molecular complexity index is 1130. The van der Waals surface area contributed by atoms with Gasteiger partial charge in [-0.3, -0.25) is 14.5 Å². The smallest absolute Gasteiger partial charge is 0.327 e. The van der Waals surface area contributed by atoms with Crippen LogP contribution in [0.4, 0.5) is 13.6 Å². The largest absolute Gasteiger partial charge is 0.371 e. The first-order valence-electron chi connectivity index (χ1n) is 14.4. The van der Waals surface area contributed by atoms with Crippen molar-refractivity contribution >= 4 is 17.8 Å². The lowest BCUT2D eigenvalue weighted by molar-refractivity contribution is -0.133. The Morgan fingerprint density at radius 1 is 1.10 bits per heavy atom. The average molecular weight is 543 g/mol. The number of urea groups is 1. The average Bonchev–Trinajstić information content (AvgIpc) is 3.35. The first-order chi connectivity index (χ1) is 18.7. The van der Waals surface area contributed by atoms with Crippen molar-refractivity contribution in [3.05, 3.63) is 47.7 Å². The van der Waals surface area contributed by atoms with Crippen LogP contribution in [-0.4, -0.2) is 69.7 Å². The summed E-state index contributed by atoms with van der Waals surface area (Å²) in [7, 11) is 0. The molecule has 2 saturated carbocycles. The number of hydrogen-bond donors (Lipinski definition) is 1. The fourth-order valence-electron chi connectivity index (χ4n) is 7.46. The summed E-state index contributed by atoms with van der Waals surface area (Å²) in [6.45, 7) is 7.35. The Morgan fingerprint density at radius 2 is 1.79 bits per heavy atom. The first kappa shape index (κ1) is 27.6. The molecule has 39 heavy (non-hydrogen) atoms. The van der Waals surface area contributed by atoms with Crippen molar-refractivity contribution < 1.29 is 23.2 Å². The molecule has 0 aromatic heterocycles. The van der Waals surface area contributed by atoms with Crippen molar-refractivity contribution in [1.29, 1.82) is 0 Å². The van der Waals surface area contributed by atoms with Gasteiger partial charge in [-0.15, -0.1) is 0 Å². The van der Waals surface area contributed by atoms with Crippen LogP contribution in [0.3, 0.4) is 0 Å². The summed E-state index contributed by atoms with van der Waals surface area (Å²) in [6, 6.07) is 9.51. The monoisotopic (exact) mass is 542 g/mol. The maximum atomic E-state index is 13.7. The highest BCUT2D eigenvalue weighted by Gasteiger charge is 2.66. The molecule has 212 valence electrons. The normalized spacial score (nSPS) is 30.2. The first-order valence-corrected chi connectivity index (χ1v) is 14.4. The minimum absolute atomic E-state index is 0.0749. The van der Waals surface area contributed by atoms with Crippen molar-refractivity contribution in [2.24, 2.45) is 11.8 Å². The number of likely N-dealkylation sites (N-methyl/N-ethyl adjacent to an activating group) is 2. The van der Waals surface area contributed by atoms with Crippen LogP contribution in [0.2, 0.25) is 0 Å². The molecule has 2 aliphatic carbocycles. The SMILES string of the molecule is C/C=C1\C2CC3(CC2N1CC[C@H](NC(=O)C1CCC(F)(F)CC1)c1ccccc1)C(=O)N(CC)C(=O)N3CC. The number of allylic oxidation sites excluding steroid dienone is 1. The lowest BCUT2D eigenvalue weighted by Gasteiger charge is -2.49. The molecule has 4 fully saturated rings. The molecule has 2 heterocycles. The standard InChI is InChI=1S/C30H40F2N4O3/c1-4-24-22-18-29(27(38)34(5-2)28(39)36(29)6-3)19-25(22)35(24)17-14-23(20-10-8-7-9-11-20)33-26(37)21-12-15-30(31,32)16-13-21/h4,7-11,21-23,25H,5-6,12-19H2,1-3H3,(H,33,37)/b24-4+/t22?,23-,25?,29?/m0/s1. The number of carbonyl (C=O) groups is 3. The van der Waals surface area contributed by atoms with Crippen molar-refractivity contribution in [3.8, 4) is 0 Å². The van der Waals surface area contributed by atoms with E-state index in [0.717, 1.165) is 5.56 Å². The van der Waals surface area contributed by atoms with Crippen molar-refractivity contribution in [2.45, 2.75) is 89.3 Å². The van der Waals surface area contributed by atoms with Gasteiger partial charge in [-0.05, 0) is 52.0 Å². The number of imide groups is 1. The number of likely N-dealkylation sites (tertiary alicyclic amines) is 1. The van der Waals surface area contributed by atoms with Crippen LogP contribution in [-0.2, 0) is 9.59 Å². The van der Waals surface area contributed by atoms with Gasteiger partial charge in [-0.25, -0.2) is 13.6 Å². The molecule has 1 aromatic rings. The number of nitrogens with one attached hydrogen (secondary N) is 1. The van der Waals surface area contributed by atoms with E-state index in [2.05, 4.69) is 16.3 Å². The van der Waals surface area contributed by atoms with Gasteiger partial charge < -0.3 is 15.1 Å². The van der Waals surface area contributed by atoms with Gasteiger partial charge >= 0.3 is 6.03 Å². The molecule has 3 unspecified atom stereocenters. The molecule has 4 atom stereocenters. The third kappa shape index (κ3) is 4.72. The molecule has 7 nitrogen and oxygen atoms in total. The van der Waals surface area contributed by atoms with E-state index in [1.807, 2.05) is 51.1 Å². The molecule has 1 aromatic carbocycles. The fourth-order valence-corrected chi connectivity index (χ4v) is 7.46. The Hall–Kier alpha value is -2.97. The number of carbonyl (C=O) groups excluding carboxylic acids is 3. The Kier molecular flexibility index (Phi) is 7.46. The predicted octanol–water partition coefficient (Wildman–Crippen LogP) is 5.10. The number of halogens is 2. The minimum atomic E-state index is -2.67. The van der Waals surface area contributed by atoms with Gasteiger partial charge in [0.05, 0.1) is 6.04 Å². The summed E-state index contributed by atoms with van der Waals surface area (Å²) in [5.41, 5.74) is 1.40. The van der Waals surface area contributed by atoms with Crippen LogP contribution < -0.4 is 5.32 Å². The van der Waals surface area contributed by atoms with Crippen LogP contribution in [0.15, 0.2) is 42.1 Å². The number of fused-ring (bicyclic) bond motifs is 1. The van der Waals surface area contributed by atoms with Gasteiger partial charge in [-0.1, -0.05) is 36.4 Å². The number of rotatable bonds is 8. The lowest BCUT2D eigenvalue weighted by atomic mass is 9.85. The quantitative estimate of drug-likeness (QED) is 0.464. The van der Waals surface area contributed by atoms with Crippen LogP contribution in [0.25, 0.3) is 0 Å². The summed E-state index contributed by atoms with van der Waals surface area (Å²) < 4.78 is 27.3. The number of benzene rings is 1. The number of alkyl halides is 2. The van der Waals surface area contributed by atoms with Crippen LogP contribution in [0.5, 0.6) is 0 Å². The summed E-state index contributed by atoms with van der Waals surface area (Å²) in [6.07, 6.45) is 3.94. The topological polar surface area (TPSA) is 73.0 Å². The summed E-state index contributed by atoms with van der Waals surface area (Å²) in [5.74, 6) is -3.06. The van der Waals surface area contributed by atoms with Crippen LogP contribution in [0, 0.1) is 11.8 Å². The second-order valence-electron chi connectivity index (χ2n) is 11.5. The van der Waals surface area contributed by atoms with Crippen molar-refractivity contribution in [3.63, 3.8) is 0 Å². The fraction of sp³-hybridized carbons (Fsp3) is 0.633. The van der Waals surface area contributed by atoms with Crippen molar-refractivity contribution in [2.75, 3.05) is 19.6 Å². The highest BCUT2D eigenvalue weighted by molar-refractivity contribution is 6.07. The molecule has 0 radical (unpaired) electrons. The van der Waals surface area contributed by atoms with Gasteiger partial charge in [0.2, 0.25) is 11.8 Å². The third-order valence-corrected chi connectivity index (χ3v) is 9.50. The predicted molar refractivity (Wildman–Crippen MR) is 144 cm³/mol. The van der Waals surface area contributed by atoms with E-state index >= 15 is 0 Å². The second-order valence-corrected chi connectivity index (χ2v) is 11.5. The molecule has 2 aliphatic heterocycles. The summed E-state index contributed by atoms with van der Waals surface area (Å²) >= 11 is 0. The molecule has 1 N–H and O–H groups in total. The molecular formula is C30H40F2N4O3. The number of hydrogen-bond acceptors (Lipinski definition) is 4. The van der Waals surface area contributed by atoms with E-state index in [4.69, 9.17) is 0 Å². The maximum absolute atomic E-state index is 13.7. The zero-order chi connectivity index (χ0) is 27.9. The molecule has 4 aliphatic rings. The summed E-state index contributed by atoms with van der Waals surface area (Å²) in [5, 5.41) is 3.17. The zero-order valence-electron chi connectivity index (χ0n) is 23.2. The van der Waals surface area contributed by atoms with E-state index in [-0.39, 0.29) is 61.5 Å². The zero-order valence-corrected chi connectivity index (χ0v) is 23.2. The van der Waals surface area contributed by atoms with Gasteiger partial charge in [0.1, 0.15) is 5.54 Å². The van der Waals surface area contributed by atoms with Crippen LogP contribution >= 0.6 is 0 Å². The Labute approximate surface area is 229 Å². The maximum Gasteiger partial charge on any atom is 0.327 e. The second kappa shape index (κ2) is 10.5. The van der Waals surface area contributed by atoms with E-state index in [1.165, 1.54) is 10.6 Å². The minimum Gasteiger partial charge on any atom is -0.371 e. The van der Waals surface area contributed by atoms with Gasteiger partial charge in [0.15, 0.2) is 0 Å². The van der Waals surface area contributed by atoms with Crippen molar-refractivity contribution in [1.82, 2.24) is 20.0 Å². The van der Waals surface area contributed by atoms with E-state index in [9.17, 15) is 23.2 Å². The van der Waals surface area contributed by atoms with E-state index in [1.54, 1.807) is 4.90 Å². The highest BCUT2D eigenvalue weighted by Crippen LogP contribution is 2.55. The Morgan fingerprint density at radius 3 is 2.41 bits per heavy atom. The number of amides is 4. The van der Waals surface area contributed by atoms with Gasteiger partial charge in [0.25, 0.3) is 5.91 Å². The molecule has 2 saturated heterocycles. The van der Waals surface area contributed by atoms with Gasteiger partial charge in [0, 0.05) is 62.5 Å². The van der Waals surface area contributed by atoms with Crippen LogP contribution in [0.1, 0.15) is 77.3 Å². The molecule has 1 spiro atoms. The molecule has 0 bridgehead atoms. The summed E-state index contributed by atoms with van der Waals surface area (Å²) in [4.78, 5) is 45.0. The number of nitrogens with zero attached hydrogens (tertiary/aromatic N) is 3.